The van der Waals surface area contributed by atoms with Gasteiger partial charge in [0.2, 0.25) is 15.9 Å². The zero-order valence-electron chi connectivity index (χ0n) is 17.9. The minimum absolute atomic E-state index is 0.0931. The highest BCUT2D eigenvalue weighted by molar-refractivity contribution is 7.92. The van der Waals surface area contributed by atoms with E-state index in [1.165, 1.54) is 22.7 Å². The average molecular weight is 464 g/mol. The molecule has 2 aromatic carbocycles. The van der Waals surface area contributed by atoms with E-state index in [2.05, 4.69) is 22.3 Å². The van der Waals surface area contributed by atoms with E-state index >= 15 is 0 Å². The maximum Gasteiger partial charge on any atom is 0.232 e. The van der Waals surface area contributed by atoms with E-state index in [-0.39, 0.29) is 18.9 Å². The molecule has 2 aromatic rings. The molecule has 8 heteroatoms. The Hall–Kier alpha value is -2.09. The minimum atomic E-state index is -3.46. The number of carbonyl (C=O) groups is 1. The number of hydrogen-bond acceptors (Lipinski definition) is 4. The van der Waals surface area contributed by atoms with Gasteiger partial charge in [0.25, 0.3) is 0 Å². The number of nitrogens with one attached hydrogen (secondary N) is 1. The lowest BCUT2D eigenvalue weighted by Gasteiger charge is -2.22. The molecule has 0 aliphatic carbocycles. The van der Waals surface area contributed by atoms with Crippen LogP contribution in [0.2, 0.25) is 5.02 Å². The number of hydrogen-bond donors (Lipinski definition) is 1. The van der Waals surface area contributed by atoms with Gasteiger partial charge < -0.3 is 5.32 Å². The molecule has 1 N–H and O–H groups in total. The van der Waals surface area contributed by atoms with E-state index in [0.29, 0.717) is 23.7 Å². The molecule has 31 heavy (non-hydrogen) atoms. The van der Waals surface area contributed by atoms with Crippen LogP contribution in [0.3, 0.4) is 0 Å². The molecule has 1 aliphatic heterocycles. The highest BCUT2D eigenvalue weighted by atomic mass is 35.5. The number of benzene rings is 2. The normalized spacial score (nSPS) is 14.5. The lowest BCUT2D eigenvalue weighted by Crippen LogP contribution is -2.32. The summed E-state index contributed by atoms with van der Waals surface area (Å²) in [5.41, 5.74) is 2.84. The Morgan fingerprint density at radius 1 is 1.10 bits per heavy atom. The fourth-order valence-corrected chi connectivity index (χ4v) is 4.97. The van der Waals surface area contributed by atoms with Gasteiger partial charge in [0.1, 0.15) is 0 Å². The number of anilines is 1. The van der Waals surface area contributed by atoms with E-state index in [1.54, 1.807) is 24.3 Å². The molecule has 0 radical (unpaired) electrons. The quantitative estimate of drug-likeness (QED) is 0.581. The first-order chi connectivity index (χ1) is 14.8. The Bertz CT molecular complexity index is 991. The van der Waals surface area contributed by atoms with E-state index in [4.69, 9.17) is 11.6 Å². The van der Waals surface area contributed by atoms with Crippen LogP contribution in [-0.2, 0) is 27.9 Å². The molecule has 1 heterocycles. The summed E-state index contributed by atoms with van der Waals surface area (Å²) in [6.07, 6.45) is 4.36. The van der Waals surface area contributed by atoms with E-state index < -0.39 is 10.0 Å². The first-order valence-electron chi connectivity index (χ1n) is 10.6. The summed E-state index contributed by atoms with van der Waals surface area (Å²) >= 11 is 5.99. The number of rotatable bonds is 10. The summed E-state index contributed by atoms with van der Waals surface area (Å²) in [6, 6.07) is 15.0. The van der Waals surface area contributed by atoms with Crippen molar-refractivity contribution in [1.82, 2.24) is 10.2 Å². The maximum absolute atomic E-state index is 12.3. The van der Waals surface area contributed by atoms with Crippen molar-refractivity contribution in [1.29, 1.82) is 0 Å². The molecule has 0 unspecified atom stereocenters. The van der Waals surface area contributed by atoms with Gasteiger partial charge in [-0.25, -0.2) is 8.42 Å². The zero-order chi connectivity index (χ0) is 22.3. The molecule has 1 saturated heterocycles. The molecule has 0 saturated carbocycles. The van der Waals surface area contributed by atoms with Crippen molar-refractivity contribution in [3.8, 4) is 0 Å². The molecule has 1 amide bonds. The number of amides is 1. The summed E-state index contributed by atoms with van der Waals surface area (Å²) in [5, 5.41) is 3.41. The van der Waals surface area contributed by atoms with Gasteiger partial charge in [0.05, 0.1) is 11.9 Å². The van der Waals surface area contributed by atoms with Crippen LogP contribution in [0.5, 0.6) is 0 Å². The standard InChI is InChI=1S/C23H30ClN3O3S/c1-31(29,30)27(22-10-5-9-21(24)16-22)14-6-11-23(28)25-17-19-7-4-8-20(15-19)18-26-12-2-3-13-26/h4-5,7-10,15-16H,2-3,6,11-14,17-18H2,1H3,(H,25,28). The highest BCUT2D eigenvalue weighted by Gasteiger charge is 2.18. The lowest BCUT2D eigenvalue weighted by molar-refractivity contribution is -0.121. The van der Waals surface area contributed by atoms with E-state index in [1.807, 2.05) is 12.1 Å². The molecular weight excluding hydrogens is 434 g/mol. The first kappa shape index (κ1) is 23.6. The second-order valence-electron chi connectivity index (χ2n) is 8.00. The summed E-state index contributed by atoms with van der Waals surface area (Å²) in [5.74, 6) is -0.0931. The largest absolute Gasteiger partial charge is 0.352 e. The smallest absolute Gasteiger partial charge is 0.232 e. The third kappa shape index (κ3) is 7.52. The van der Waals surface area contributed by atoms with E-state index in [0.717, 1.165) is 31.5 Å². The molecule has 3 rings (SSSR count). The lowest BCUT2D eigenvalue weighted by atomic mass is 10.1. The van der Waals surface area contributed by atoms with Gasteiger partial charge in [-0.05, 0) is 61.7 Å². The summed E-state index contributed by atoms with van der Waals surface area (Å²) < 4.78 is 25.6. The third-order valence-electron chi connectivity index (χ3n) is 5.35. The van der Waals surface area contributed by atoms with Gasteiger partial charge >= 0.3 is 0 Å². The highest BCUT2D eigenvalue weighted by Crippen LogP contribution is 2.22. The Balaban J connectivity index is 1.47. The van der Waals surface area contributed by atoms with Gasteiger partial charge in [-0.15, -0.1) is 0 Å². The molecule has 0 aromatic heterocycles. The van der Waals surface area contributed by atoms with Gasteiger partial charge in [0, 0.05) is 31.1 Å². The van der Waals surface area contributed by atoms with Gasteiger partial charge in [-0.1, -0.05) is 41.9 Å². The van der Waals surface area contributed by atoms with Crippen molar-refractivity contribution in [2.75, 3.05) is 30.2 Å². The zero-order valence-corrected chi connectivity index (χ0v) is 19.5. The van der Waals surface area contributed by atoms with Crippen LogP contribution in [0.15, 0.2) is 48.5 Å². The van der Waals surface area contributed by atoms with Gasteiger partial charge in [0.15, 0.2) is 0 Å². The number of nitrogens with zero attached hydrogens (tertiary/aromatic N) is 2. The van der Waals surface area contributed by atoms with Crippen LogP contribution in [0, 0.1) is 0 Å². The number of halogens is 1. The van der Waals surface area contributed by atoms with Crippen molar-refractivity contribution >= 4 is 33.2 Å². The second kappa shape index (κ2) is 11.0. The average Bonchev–Trinajstić information content (AvgIpc) is 3.22. The van der Waals surface area contributed by atoms with Crippen LogP contribution >= 0.6 is 11.6 Å². The van der Waals surface area contributed by atoms with Crippen LogP contribution in [0.1, 0.15) is 36.8 Å². The summed E-state index contributed by atoms with van der Waals surface area (Å²) in [7, 11) is -3.46. The van der Waals surface area contributed by atoms with Crippen molar-refractivity contribution in [3.05, 3.63) is 64.7 Å². The van der Waals surface area contributed by atoms with Crippen molar-refractivity contribution < 1.29 is 13.2 Å². The molecule has 0 bridgehead atoms. The molecule has 0 atom stereocenters. The van der Waals surface area contributed by atoms with Gasteiger partial charge in [-0.3, -0.25) is 14.0 Å². The van der Waals surface area contributed by atoms with Crippen LogP contribution in [0.4, 0.5) is 5.69 Å². The topological polar surface area (TPSA) is 69.7 Å². The van der Waals surface area contributed by atoms with Gasteiger partial charge in [-0.2, -0.15) is 0 Å². The molecule has 0 spiro atoms. The van der Waals surface area contributed by atoms with Crippen LogP contribution in [0.25, 0.3) is 0 Å². The minimum Gasteiger partial charge on any atom is -0.352 e. The van der Waals surface area contributed by atoms with E-state index in [9.17, 15) is 13.2 Å². The summed E-state index contributed by atoms with van der Waals surface area (Å²) in [6.45, 7) is 3.95. The predicted octanol–water partition coefficient (Wildman–Crippen LogP) is 3.80. The van der Waals surface area contributed by atoms with Crippen molar-refractivity contribution in [3.63, 3.8) is 0 Å². The van der Waals surface area contributed by atoms with Crippen molar-refractivity contribution in [2.24, 2.45) is 0 Å². The molecule has 1 aliphatic rings. The summed E-state index contributed by atoms with van der Waals surface area (Å²) in [4.78, 5) is 14.7. The Labute approximate surface area is 190 Å². The molecule has 1 fully saturated rings. The monoisotopic (exact) mass is 463 g/mol. The first-order valence-corrected chi connectivity index (χ1v) is 12.8. The number of likely N-dealkylation sites (tertiary alicyclic amines) is 1. The second-order valence-corrected chi connectivity index (χ2v) is 10.3. The Morgan fingerprint density at radius 3 is 2.52 bits per heavy atom. The van der Waals surface area contributed by atoms with Crippen LogP contribution < -0.4 is 9.62 Å². The SMILES string of the molecule is CS(=O)(=O)N(CCCC(=O)NCc1cccc(CN2CCCC2)c1)c1cccc(Cl)c1. The number of sulfonamides is 1. The predicted molar refractivity (Wildman–Crippen MR) is 126 cm³/mol. The molecule has 6 nitrogen and oxygen atoms in total. The number of carbonyl (C=O) groups excluding carboxylic acids is 1. The fraction of sp³-hybridized carbons (Fsp3) is 0.435. The van der Waals surface area contributed by atoms with Crippen LogP contribution in [-0.4, -0.2) is 45.1 Å². The fourth-order valence-electron chi connectivity index (χ4n) is 3.83. The Morgan fingerprint density at radius 2 is 1.81 bits per heavy atom. The Kier molecular flexibility index (Phi) is 8.35. The molecule has 168 valence electrons. The third-order valence-corrected chi connectivity index (χ3v) is 6.78. The molecular formula is C23H30ClN3O3S. The van der Waals surface area contributed by atoms with Crippen molar-refractivity contribution in [2.45, 2.75) is 38.8 Å². The maximum atomic E-state index is 12.3.